The van der Waals surface area contributed by atoms with Gasteiger partial charge in [-0.2, -0.15) is 0 Å². The van der Waals surface area contributed by atoms with Crippen LogP contribution in [0.4, 0.5) is 20.4 Å². The molecule has 1 aliphatic carbocycles. The number of nitrogens with zero attached hydrogens (tertiary/aromatic N) is 3. The van der Waals surface area contributed by atoms with Crippen molar-refractivity contribution in [2.45, 2.75) is 31.7 Å². The van der Waals surface area contributed by atoms with Gasteiger partial charge in [-0.1, -0.05) is 0 Å². The molecule has 1 aliphatic rings. The summed E-state index contributed by atoms with van der Waals surface area (Å²) < 4.78 is 26.3. The van der Waals surface area contributed by atoms with Crippen LogP contribution in [0.3, 0.4) is 0 Å². The Labute approximate surface area is 163 Å². The zero-order valence-electron chi connectivity index (χ0n) is 16.1. The van der Waals surface area contributed by atoms with Crippen LogP contribution in [0, 0.1) is 17.6 Å². The minimum absolute atomic E-state index is 0.0521. The molecule has 1 heterocycles. The van der Waals surface area contributed by atoms with Crippen molar-refractivity contribution in [1.82, 2.24) is 15.3 Å². The second-order valence-corrected chi connectivity index (χ2v) is 7.36. The highest BCUT2D eigenvalue weighted by Crippen LogP contribution is 2.25. The Morgan fingerprint density at radius 3 is 2.54 bits per heavy atom. The van der Waals surface area contributed by atoms with Gasteiger partial charge in [-0.3, -0.25) is 4.79 Å². The van der Waals surface area contributed by atoms with Gasteiger partial charge >= 0.3 is 0 Å². The molecule has 8 heteroatoms. The standard InChI is InChI=1S/C20H25F2N5O/c1-27(2)19-10-18(24-12-25-19)23-11-13-3-6-15(7-4-13)26-20(28)14-5-8-16(21)17(22)9-14/h5,8-10,12-13,15H,3-4,6-7,11H2,1-2H3,(H,26,28)(H,23,24,25)/t13-,15+. The van der Waals surface area contributed by atoms with Crippen molar-refractivity contribution >= 4 is 17.5 Å². The molecule has 2 N–H and O–H groups in total. The number of carbonyl (C=O) groups excluding carboxylic acids is 1. The van der Waals surface area contributed by atoms with E-state index in [-0.39, 0.29) is 17.5 Å². The van der Waals surface area contributed by atoms with Crippen LogP contribution in [0.1, 0.15) is 36.0 Å². The van der Waals surface area contributed by atoms with Crippen molar-refractivity contribution in [2.75, 3.05) is 30.9 Å². The third-order valence-electron chi connectivity index (χ3n) is 5.05. The number of benzene rings is 1. The number of hydrogen-bond donors (Lipinski definition) is 2. The van der Waals surface area contributed by atoms with Gasteiger partial charge in [0, 0.05) is 38.3 Å². The second-order valence-electron chi connectivity index (χ2n) is 7.36. The normalized spacial score (nSPS) is 19.1. The fourth-order valence-electron chi connectivity index (χ4n) is 3.35. The minimum atomic E-state index is -1.01. The van der Waals surface area contributed by atoms with E-state index in [1.165, 1.54) is 6.07 Å². The lowest BCUT2D eigenvalue weighted by atomic mass is 9.86. The van der Waals surface area contributed by atoms with Crippen molar-refractivity contribution in [3.05, 3.63) is 47.8 Å². The second kappa shape index (κ2) is 8.95. The summed E-state index contributed by atoms with van der Waals surface area (Å²) in [7, 11) is 3.87. The van der Waals surface area contributed by atoms with Crippen molar-refractivity contribution < 1.29 is 13.6 Å². The Morgan fingerprint density at radius 2 is 1.86 bits per heavy atom. The highest BCUT2D eigenvalue weighted by Gasteiger charge is 2.23. The maximum Gasteiger partial charge on any atom is 0.251 e. The van der Waals surface area contributed by atoms with Gasteiger partial charge in [-0.05, 0) is 49.8 Å². The van der Waals surface area contributed by atoms with Crippen LogP contribution < -0.4 is 15.5 Å². The molecule has 1 amide bonds. The fraction of sp³-hybridized carbons (Fsp3) is 0.450. The highest BCUT2D eigenvalue weighted by molar-refractivity contribution is 5.94. The van der Waals surface area contributed by atoms with E-state index >= 15 is 0 Å². The third kappa shape index (κ3) is 5.15. The molecule has 3 rings (SSSR count). The van der Waals surface area contributed by atoms with Gasteiger partial charge in [0.05, 0.1) is 0 Å². The molecule has 0 aliphatic heterocycles. The molecule has 0 spiro atoms. The van der Waals surface area contributed by atoms with Gasteiger partial charge in [0.15, 0.2) is 11.6 Å². The Balaban J connectivity index is 1.45. The van der Waals surface area contributed by atoms with Gasteiger partial charge in [-0.15, -0.1) is 0 Å². The van der Waals surface area contributed by atoms with Crippen LogP contribution in [0.5, 0.6) is 0 Å². The van der Waals surface area contributed by atoms with E-state index in [9.17, 15) is 13.6 Å². The van der Waals surface area contributed by atoms with Crippen LogP contribution in [0.2, 0.25) is 0 Å². The lowest BCUT2D eigenvalue weighted by molar-refractivity contribution is 0.0922. The van der Waals surface area contributed by atoms with Crippen LogP contribution >= 0.6 is 0 Å². The van der Waals surface area contributed by atoms with E-state index in [0.717, 1.165) is 56.0 Å². The summed E-state index contributed by atoms with van der Waals surface area (Å²) in [5.74, 6) is -0.184. The molecule has 1 saturated carbocycles. The third-order valence-corrected chi connectivity index (χ3v) is 5.05. The van der Waals surface area contributed by atoms with Crippen LogP contribution in [0.15, 0.2) is 30.6 Å². The Morgan fingerprint density at radius 1 is 1.11 bits per heavy atom. The molecule has 0 atom stereocenters. The van der Waals surface area contributed by atoms with E-state index < -0.39 is 11.6 Å². The number of anilines is 2. The van der Waals surface area contributed by atoms with Crippen molar-refractivity contribution in [1.29, 1.82) is 0 Å². The summed E-state index contributed by atoms with van der Waals surface area (Å²) in [6.45, 7) is 0.813. The first kappa shape index (κ1) is 20.0. The van der Waals surface area contributed by atoms with Crippen LogP contribution in [0.25, 0.3) is 0 Å². The molecule has 6 nitrogen and oxygen atoms in total. The zero-order chi connectivity index (χ0) is 20.1. The van der Waals surface area contributed by atoms with Gasteiger partial charge in [0.1, 0.15) is 18.0 Å². The Kier molecular flexibility index (Phi) is 6.38. The zero-order valence-corrected chi connectivity index (χ0v) is 16.1. The molecule has 1 aromatic heterocycles. The first-order chi connectivity index (χ1) is 13.4. The number of amides is 1. The maximum absolute atomic E-state index is 13.3. The van der Waals surface area contributed by atoms with Crippen LogP contribution in [-0.2, 0) is 0 Å². The maximum atomic E-state index is 13.3. The molecule has 0 saturated heterocycles. The van der Waals surface area contributed by atoms with E-state index in [1.807, 2.05) is 25.1 Å². The number of hydrogen-bond acceptors (Lipinski definition) is 5. The monoisotopic (exact) mass is 389 g/mol. The Bertz CT molecular complexity index is 822. The summed E-state index contributed by atoms with van der Waals surface area (Å²) in [5.41, 5.74) is 0.142. The quantitative estimate of drug-likeness (QED) is 0.794. The fourth-order valence-corrected chi connectivity index (χ4v) is 3.35. The largest absolute Gasteiger partial charge is 0.370 e. The predicted octanol–water partition coefficient (Wildman–Crippen LogP) is 3.22. The number of carbonyl (C=O) groups is 1. The van der Waals surface area contributed by atoms with Gasteiger partial charge in [-0.25, -0.2) is 18.7 Å². The summed E-state index contributed by atoms with van der Waals surface area (Å²) >= 11 is 0. The molecule has 0 radical (unpaired) electrons. The first-order valence-electron chi connectivity index (χ1n) is 9.41. The number of aromatic nitrogens is 2. The van der Waals surface area contributed by atoms with Crippen LogP contribution in [-0.4, -0.2) is 42.6 Å². The molecule has 1 aromatic carbocycles. The molecule has 2 aromatic rings. The predicted molar refractivity (Wildman–Crippen MR) is 104 cm³/mol. The van der Waals surface area contributed by atoms with E-state index in [4.69, 9.17) is 0 Å². The molecule has 28 heavy (non-hydrogen) atoms. The number of nitrogens with one attached hydrogen (secondary N) is 2. The van der Waals surface area contributed by atoms with Gasteiger partial charge in [0.25, 0.3) is 5.91 Å². The average Bonchev–Trinajstić information content (AvgIpc) is 2.69. The molecular weight excluding hydrogens is 364 g/mol. The van der Waals surface area contributed by atoms with Crippen molar-refractivity contribution in [2.24, 2.45) is 5.92 Å². The number of rotatable bonds is 6. The minimum Gasteiger partial charge on any atom is -0.370 e. The Hall–Kier alpha value is -2.77. The number of halogens is 2. The summed E-state index contributed by atoms with van der Waals surface area (Å²) in [5, 5.41) is 6.28. The molecule has 0 unspecified atom stereocenters. The van der Waals surface area contributed by atoms with Gasteiger partial charge in [0.2, 0.25) is 0 Å². The SMILES string of the molecule is CN(C)c1cc(NC[C@H]2CC[C@@H](NC(=O)c3ccc(F)c(F)c3)CC2)ncn1. The van der Waals surface area contributed by atoms with E-state index in [1.54, 1.807) is 6.33 Å². The van der Waals surface area contributed by atoms with Gasteiger partial charge < -0.3 is 15.5 Å². The molecule has 150 valence electrons. The summed E-state index contributed by atoms with van der Waals surface area (Å²) in [6, 6.07) is 5.17. The molecule has 1 fully saturated rings. The summed E-state index contributed by atoms with van der Waals surface area (Å²) in [6.07, 6.45) is 5.20. The first-order valence-corrected chi connectivity index (χ1v) is 9.41. The highest BCUT2D eigenvalue weighted by atomic mass is 19.2. The smallest absolute Gasteiger partial charge is 0.251 e. The van der Waals surface area contributed by atoms with E-state index in [2.05, 4.69) is 20.6 Å². The molecular formula is C20H25F2N5O. The van der Waals surface area contributed by atoms with Crippen molar-refractivity contribution in [3.8, 4) is 0 Å². The topological polar surface area (TPSA) is 70.2 Å². The summed E-state index contributed by atoms with van der Waals surface area (Å²) in [4.78, 5) is 22.6. The van der Waals surface area contributed by atoms with E-state index in [0.29, 0.717) is 5.92 Å². The average molecular weight is 389 g/mol. The lowest BCUT2D eigenvalue weighted by Crippen LogP contribution is -2.38. The lowest BCUT2D eigenvalue weighted by Gasteiger charge is -2.29. The molecule has 0 bridgehead atoms. The van der Waals surface area contributed by atoms with Crippen molar-refractivity contribution in [3.63, 3.8) is 0 Å².